The molecule has 0 radical (unpaired) electrons. The summed E-state index contributed by atoms with van der Waals surface area (Å²) in [4.78, 5) is 11.6. The van der Waals surface area contributed by atoms with Crippen LogP contribution in [-0.2, 0) is 13.1 Å². The number of anilines is 1. The first-order valence-electron chi connectivity index (χ1n) is 6.48. The molecule has 0 aliphatic rings. The van der Waals surface area contributed by atoms with E-state index in [2.05, 4.69) is 5.32 Å². The Bertz CT molecular complexity index is 655. The molecule has 0 aliphatic carbocycles. The van der Waals surface area contributed by atoms with Gasteiger partial charge in [-0.15, -0.1) is 0 Å². The summed E-state index contributed by atoms with van der Waals surface area (Å²) in [5.41, 5.74) is 1.23. The first-order valence-corrected chi connectivity index (χ1v) is 6.86. The Balaban J connectivity index is 2.12. The molecule has 0 saturated heterocycles. The number of halogens is 2. The molecular formula is C15H16ClFN2O. The van der Waals surface area contributed by atoms with Gasteiger partial charge in [0.15, 0.2) is 0 Å². The molecule has 1 N–H and O–H groups in total. The van der Waals surface area contributed by atoms with E-state index in [1.54, 1.807) is 22.9 Å². The van der Waals surface area contributed by atoms with Crippen molar-refractivity contribution >= 4 is 17.3 Å². The molecule has 2 aromatic rings. The second-order valence-electron chi connectivity index (χ2n) is 4.54. The Morgan fingerprint density at radius 2 is 2.10 bits per heavy atom. The van der Waals surface area contributed by atoms with Gasteiger partial charge in [0.25, 0.3) is 5.56 Å². The molecule has 1 aromatic carbocycles. The van der Waals surface area contributed by atoms with Crippen molar-refractivity contribution < 1.29 is 4.39 Å². The summed E-state index contributed by atoms with van der Waals surface area (Å²) in [5, 5.41) is 3.60. The lowest BCUT2D eigenvalue weighted by Crippen LogP contribution is -2.18. The molecule has 1 heterocycles. The summed E-state index contributed by atoms with van der Waals surface area (Å²) in [7, 11) is 0. The second kappa shape index (κ2) is 6.57. The average molecular weight is 295 g/mol. The van der Waals surface area contributed by atoms with Crippen LogP contribution in [0.3, 0.4) is 0 Å². The van der Waals surface area contributed by atoms with Crippen molar-refractivity contribution in [3.63, 3.8) is 0 Å². The zero-order valence-electron chi connectivity index (χ0n) is 11.2. The van der Waals surface area contributed by atoms with Crippen LogP contribution < -0.4 is 10.9 Å². The standard InChI is InChI=1S/C15H16ClFN2O/c1-2-7-19-10-13(4-6-15(19)20)18-9-11-8-12(16)3-5-14(11)17/h3-6,8,10,18H,2,7,9H2,1H3. The number of benzene rings is 1. The van der Waals surface area contributed by atoms with Crippen molar-refractivity contribution in [2.24, 2.45) is 0 Å². The van der Waals surface area contributed by atoms with Crippen LogP contribution in [-0.4, -0.2) is 4.57 Å². The maximum atomic E-state index is 13.6. The molecule has 0 fully saturated rings. The molecular weight excluding hydrogens is 279 g/mol. The molecule has 0 spiro atoms. The van der Waals surface area contributed by atoms with E-state index in [9.17, 15) is 9.18 Å². The third kappa shape index (κ3) is 3.61. The van der Waals surface area contributed by atoms with E-state index >= 15 is 0 Å². The van der Waals surface area contributed by atoms with Gasteiger partial charge in [-0.05, 0) is 30.7 Å². The van der Waals surface area contributed by atoms with Gasteiger partial charge in [0.1, 0.15) is 5.82 Å². The Kier molecular flexibility index (Phi) is 4.79. The fraction of sp³-hybridized carbons (Fsp3) is 0.267. The first-order chi connectivity index (χ1) is 9.60. The quantitative estimate of drug-likeness (QED) is 0.913. The lowest BCUT2D eigenvalue weighted by molar-refractivity contribution is 0.612. The van der Waals surface area contributed by atoms with Crippen molar-refractivity contribution in [1.82, 2.24) is 4.57 Å². The van der Waals surface area contributed by atoms with Crippen molar-refractivity contribution in [2.75, 3.05) is 5.32 Å². The third-order valence-corrected chi connectivity index (χ3v) is 3.17. The summed E-state index contributed by atoms with van der Waals surface area (Å²) in [6.07, 6.45) is 2.63. The fourth-order valence-corrected chi connectivity index (χ4v) is 2.12. The van der Waals surface area contributed by atoms with E-state index in [4.69, 9.17) is 11.6 Å². The molecule has 3 nitrogen and oxygen atoms in total. The second-order valence-corrected chi connectivity index (χ2v) is 4.98. The Labute approximate surface area is 122 Å². The van der Waals surface area contributed by atoms with E-state index in [0.717, 1.165) is 12.1 Å². The molecule has 0 amide bonds. The molecule has 0 saturated carbocycles. The molecule has 2 rings (SSSR count). The zero-order chi connectivity index (χ0) is 14.5. The van der Waals surface area contributed by atoms with Crippen LogP contribution in [0.15, 0.2) is 41.3 Å². The molecule has 0 bridgehead atoms. The monoisotopic (exact) mass is 294 g/mol. The minimum Gasteiger partial charge on any atom is -0.380 e. The molecule has 0 aliphatic heterocycles. The van der Waals surface area contributed by atoms with Gasteiger partial charge in [-0.2, -0.15) is 0 Å². The molecule has 106 valence electrons. The van der Waals surface area contributed by atoms with Crippen molar-refractivity contribution in [3.05, 3.63) is 63.3 Å². The number of hydrogen-bond donors (Lipinski definition) is 1. The highest BCUT2D eigenvalue weighted by atomic mass is 35.5. The Hall–Kier alpha value is -1.81. The van der Waals surface area contributed by atoms with Gasteiger partial charge in [-0.25, -0.2) is 4.39 Å². The highest BCUT2D eigenvalue weighted by molar-refractivity contribution is 6.30. The van der Waals surface area contributed by atoms with Crippen molar-refractivity contribution in [3.8, 4) is 0 Å². The van der Waals surface area contributed by atoms with E-state index in [-0.39, 0.29) is 11.4 Å². The van der Waals surface area contributed by atoms with Gasteiger partial charge >= 0.3 is 0 Å². The number of aryl methyl sites for hydroxylation is 1. The van der Waals surface area contributed by atoms with E-state index in [1.165, 1.54) is 18.2 Å². The molecule has 20 heavy (non-hydrogen) atoms. The lowest BCUT2D eigenvalue weighted by atomic mass is 10.2. The maximum absolute atomic E-state index is 13.6. The maximum Gasteiger partial charge on any atom is 0.250 e. The van der Waals surface area contributed by atoms with Gasteiger partial charge in [0.05, 0.1) is 5.69 Å². The molecule has 0 atom stereocenters. The van der Waals surface area contributed by atoms with Crippen LogP contribution in [0.1, 0.15) is 18.9 Å². The highest BCUT2D eigenvalue weighted by Gasteiger charge is 2.04. The number of aromatic nitrogens is 1. The predicted molar refractivity (Wildman–Crippen MR) is 79.7 cm³/mol. The third-order valence-electron chi connectivity index (χ3n) is 2.94. The van der Waals surface area contributed by atoms with Crippen LogP contribution in [0.25, 0.3) is 0 Å². The van der Waals surface area contributed by atoms with Gasteiger partial charge in [-0.1, -0.05) is 18.5 Å². The smallest absolute Gasteiger partial charge is 0.250 e. The van der Waals surface area contributed by atoms with E-state index in [1.807, 2.05) is 6.92 Å². The van der Waals surface area contributed by atoms with Gasteiger partial charge in [0, 0.05) is 35.9 Å². The van der Waals surface area contributed by atoms with Gasteiger partial charge in [-0.3, -0.25) is 4.79 Å². The summed E-state index contributed by atoms with van der Waals surface area (Å²) in [6.45, 7) is 2.99. The summed E-state index contributed by atoms with van der Waals surface area (Å²) in [6, 6.07) is 7.65. The van der Waals surface area contributed by atoms with Crippen LogP contribution in [0.5, 0.6) is 0 Å². The summed E-state index contributed by atoms with van der Waals surface area (Å²) in [5.74, 6) is -0.302. The van der Waals surface area contributed by atoms with Gasteiger partial charge < -0.3 is 9.88 Å². The SMILES string of the molecule is CCCn1cc(NCc2cc(Cl)ccc2F)ccc1=O. The van der Waals surface area contributed by atoms with Crippen molar-refractivity contribution in [1.29, 1.82) is 0 Å². The van der Waals surface area contributed by atoms with E-state index < -0.39 is 0 Å². The number of rotatable bonds is 5. The predicted octanol–water partition coefficient (Wildman–Crippen LogP) is 3.66. The summed E-state index contributed by atoms with van der Waals surface area (Å²) >= 11 is 5.85. The topological polar surface area (TPSA) is 34.0 Å². The van der Waals surface area contributed by atoms with Gasteiger partial charge in [0.2, 0.25) is 0 Å². The largest absolute Gasteiger partial charge is 0.380 e. The fourth-order valence-electron chi connectivity index (χ4n) is 1.93. The lowest BCUT2D eigenvalue weighted by Gasteiger charge is -2.10. The zero-order valence-corrected chi connectivity index (χ0v) is 12.0. The van der Waals surface area contributed by atoms with Crippen LogP contribution in [0.2, 0.25) is 5.02 Å². The van der Waals surface area contributed by atoms with Crippen LogP contribution in [0, 0.1) is 5.82 Å². The van der Waals surface area contributed by atoms with E-state index in [0.29, 0.717) is 23.7 Å². The van der Waals surface area contributed by atoms with Crippen LogP contribution >= 0.6 is 11.6 Å². The normalized spacial score (nSPS) is 10.6. The first kappa shape index (κ1) is 14.6. The number of hydrogen-bond acceptors (Lipinski definition) is 2. The Morgan fingerprint density at radius 3 is 2.85 bits per heavy atom. The average Bonchev–Trinajstić information content (AvgIpc) is 2.43. The van der Waals surface area contributed by atoms with Crippen molar-refractivity contribution in [2.45, 2.75) is 26.4 Å². The molecule has 5 heteroatoms. The molecule has 0 unspecified atom stereocenters. The van der Waals surface area contributed by atoms with Crippen LogP contribution in [0.4, 0.5) is 10.1 Å². The summed E-state index contributed by atoms with van der Waals surface area (Å²) < 4.78 is 15.2. The number of nitrogens with one attached hydrogen (secondary N) is 1. The highest BCUT2D eigenvalue weighted by Crippen LogP contribution is 2.16. The Morgan fingerprint density at radius 1 is 1.30 bits per heavy atom. The minimum atomic E-state index is -0.302. The number of nitrogens with zero attached hydrogens (tertiary/aromatic N) is 1. The minimum absolute atomic E-state index is 0.0358. The number of pyridine rings is 1. The molecule has 1 aromatic heterocycles.